The van der Waals surface area contributed by atoms with Crippen LogP contribution in [0.15, 0.2) is 0 Å². The molecule has 0 rings (SSSR count). The van der Waals surface area contributed by atoms with Gasteiger partial charge < -0.3 is 17.7 Å². The summed E-state index contributed by atoms with van der Waals surface area (Å²) >= 11 is 0. The molecule has 0 heterocycles. The van der Waals surface area contributed by atoms with Crippen molar-refractivity contribution in [3.8, 4) is 0 Å². The van der Waals surface area contributed by atoms with E-state index in [1.807, 2.05) is 0 Å². The summed E-state index contributed by atoms with van der Waals surface area (Å²) in [6.45, 7) is 13.0. The van der Waals surface area contributed by atoms with Gasteiger partial charge in [0.1, 0.15) is 0 Å². The van der Waals surface area contributed by atoms with Crippen molar-refractivity contribution in [2.45, 2.75) is 66.6 Å². The minimum absolute atomic E-state index is 0. The zero-order chi connectivity index (χ0) is 15.5. The Balaban J connectivity index is 0. The maximum atomic E-state index is 11.3. The van der Waals surface area contributed by atoms with E-state index < -0.39 is 32.2 Å². The average Bonchev–Trinajstić information content (AvgIpc) is 1.89. The summed E-state index contributed by atoms with van der Waals surface area (Å²) in [5.74, 6) is -1.25. The molecular formula is C12H28O6Si2. The van der Waals surface area contributed by atoms with E-state index in [1.54, 1.807) is 41.5 Å². The van der Waals surface area contributed by atoms with Crippen LogP contribution in [0.4, 0.5) is 0 Å². The topological polar surface area (TPSA) is 71.1 Å². The van der Waals surface area contributed by atoms with E-state index in [0.717, 1.165) is 0 Å². The van der Waals surface area contributed by atoms with Crippen LogP contribution in [0, 0.1) is 0 Å². The first-order valence-corrected chi connectivity index (χ1v) is 7.67. The highest BCUT2D eigenvalue weighted by Crippen LogP contribution is 2.26. The third-order valence-corrected chi connectivity index (χ3v) is 4.20. The quantitative estimate of drug-likeness (QED) is 0.710. The van der Waals surface area contributed by atoms with Gasteiger partial charge in [-0.05, 0) is 52.5 Å². The second-order valence-corrected chi connectivity index (χ2v) is 7.93. The summed E-state index contributed by atoms with van der Waals surface area (Å²) < 4.78 is 21.5. The Kier molecular flexibility index (Phi) is 7.93. The molecule has 6 nitrogen and oxygen atoms in total. The second kappa shape index (κ2) is 7.34. The van der Waals surface area contributed by atoms with Crippen molar-refractivity contribution in [3.05, 3.63) is 0 Å². The van der Waals surface area contributed by atoms with Gasteiger partial charge in [-0.15, -0.1) is 0 Å². The van der Waals surface area contributed by atoms with E-state index in [2.05, 4.69) is 0 Å². The lowest BCUT2D eigenvalue weighted by atomic mass is 10.2. The fourth-order valence-electron chi connectivity index (χ4n) is 1.23. The number of rotatable bonds is 4. The summed E-state index contributed by atoms with van der Waals surface area (Å²) in [6.07, 6.45) is 0. The van der Waals surface area contributed by atoms with E-state index in [4.69, 9.17) is 17.7 Å². The normalized spacial score (nSPS) is 12.4. The van der Waals surface area contributed by atoms with E-state index >= 15 is 0 Å². The van der Waals surface area contributed by atoms with Crippen LogP contribution in [0.2, 0.25) is 0 Å². The number of hydrogen-bond acceptors (Lipinski definition) is 6. The van der Waals surface area contributed by atoms with Crippen LogP contribution in [0.25, 0.3) is 0 Å². The second-order valence-electron chi connectivity index (χ2n) is 6.12. The first-order valence-electron chi connectivity index (χ1n) is 6.04. The van der Waals surface area contributed by atoms with Crippen LogP contribution in [0.1, 0.15) is 55.4 Å². The molecule has 0 aromatic carbocycles. The Labute approximate surface area is 126 Å². The van der Waals surface area contributed by atoms with Crippen LogP contribution in [0.3, 0.4) is 0 Å². The third-order valence-electron chi connectivity index (χ3n) is 1.40. The zero-order valence-corrected chi connectivity index (χ0v) is 13.9. The molecule has 0 aromatic rings. The first kappa shape index (κ1) is 21.6. The molecule has 0 atom stereocenters. The Bertz CT molecular complexity index is 309. The van der Waals surface area contributed by atoms with Crippen molar-refractivity contribution in [1.82, 2.24) is 0 Å². The molecule has 0 aromatic heterocycles. The summed E-state index contributed by atoms with van der Waals surface area (Å²) in [6, 6.07) is 0. The van der Waals surface area contributed by atoms with Gasteiger partial charge in [-0.25, -0.2) is 0 Å². The SMILES string of the molecule is CC(=O)O[Si](OC(C)=O)(OC(C)(C)C)OC(C)(C)C.[SiH4]. The Morgan fingerprint density at radius 1 is 0.750 bits per heavy atom. The number of carbonyl (C=O) groups is 2. The molecule has 8 heteroatoms. The molecule has 0 aliphatic carbocycles. The van der Waals surface area contributed by atoms with Crippen LogP contribution < -0.4 is 0 Å². The summed E-state index contributed by atoms with van der Waals surface area (Å²) in [5, 5.41) is 0. The maximum absolute atomic E-state index is 11.3. The minimum Gasteiger partial charge on any atom is -0.442 e. The monoisotopic (exact) mass is 324 g/mol. The molecule has 0 spiro atoms. The molecule has 0 fully saturated rings. The molecule has 0 bridgehead atoms. The molecule has 0 N–H and O–H groups in total. The standard InChI is InChI=1S/C12H24O6Si.H4Si/c1-9(13)15-19(16-10(2)14,17-11(3,4)5)18-12(6,7)8;/h1-8H3;1H4. The van der Waals surface area contributed by atoms with Gasteiger partial charge in [-0.2, -0.15) is 0 Å². The van der Waals surface area contributed by atoms with Crippen molar-refractivity contribution >= 4 is 32.0 Å². The fourth-order valence-corrected chi connectivity index (χ4v) is 3.68. The molecule has 0 aliphatic rings. The lowest BCUT2D eigenvalue weighted by Gasteiger charge is -2.35. The highest BCUT2D eigenvalue weighted by Gasteiger charge is 2.58. The van der Waals surface area contributed by atoms with Gasteiger partial charge in [0.2, 0.25) is 0 Å². The number of carbonyl (C=O) groups excluding carboxylic acids is 2. The lowest BCUT2D eigenvalue weighted by Crippen LogP contribution is -2.58. The zero-order valence-electron chi connectivity index (χ0n) is 12.9. The smallest absolute Gasteiger partial charge is 0.442 e. The van der Waals surface area contributed by atoms with Crippen LogP contribution in [-0.2, 0) is 27.3 Å². The Hall–Kier alpha value is -0.706. The predicted molar refractivity (Wildman–Crippen MR) is 82.3 cm³/mol. The highest BCUT2D eigenvalue weighted by atomic mass is 28.4. The molecular weight excluding hydrogens is 296 g/mol. The molecule has 0 saturated carbocycles. The van der Waals surface area contributed by atoms with Crippen LogP contribution in [-0.4, -0.2) is 43.2 Å². The van der Waals surface area contributed by atoms with Crippen LogP contribution in [0.5, 0.6) is 0 Å². The van der Waals surface area contributed by atoms with Gasteiger partial charge >= 0.3 is 9.05 Å². The molecule has 0 aliphatic heterocycles. The van der Waals surface area contributed by atoms with E-state index in [-0.39, 0.29) is 11.0 Å². The van der Waals surface area contributed by atoms with Gasteiger partial charge in [0.25, 0.3) is 11.9 Å². The van der Waals surface area contributed by atoms with Gasteiger partial charge in [0, 0.05) is 13.8 Å². The largest absolute Gasteiger partial charge is 0.825 e. The maximum Gasteiger partial charge on any atom is 0.825 e. The van der Waals surface area contributed by atoms with Gasteiger partial charge in [0.15, 0.2) is 0 Å². The third kappa shape index (κ3) is 10.1. The van der Waals surface area contributed by atoms with Gasteiger partial charge in [0.05, 0.1) is 11.2 Å². The molecule has 0 unspecified atom stereocenters. The number of hydrogen-bond donors (Lipinski definition) is 0. The average molecular weight is 325 g/mol. The lowest BCUT2D eigenvalue weighted by molar-refractivity contribution is -0.160. The minimum atomic E-state index is -3.89. The fraction of sp³-hybridized carbons (Fsp3) is 0.833. The van der Waals surface area contributed by atoms with Crippen molar-refractivity contribution in [1.29, 1.82) is 0 Å². The van der Waals surface area contributed by atoms with Crippen LogP contribution >= 0.6 is 0 Å². The summed E-state index contributed by atoms with van der Waals surface area (Å²) in [5.41, 5.74) is -1.38. The molecule has 0 amide bonds. The molecule has 20 heavy (non-hydrogen) atoms. The molecule has 120 valence electrons. The Morgan fingerprint density at radius 3 is 1.15 bits per heavy atom. The predicted octanol–water partition coefficient (Wildman–Crippen LogP) is 0.727. The summed E-state index contributed by atoms with van der Waals surface area (Å²) in [7, 11) is -3.89. The highest BCUT2D eigenvalue weighted by molar-refractivity contribution is 6.57. The van der Waals surface area contributed by atoms with E-state index in [1.165, 1.54) is 13.8 Å². The van der Waals surface area contributed by atoms with E-state index in [9.17, 15) is 9.59 Å². The van der Waals surface area contributed by atoms with Gasteiger partial charge in [-0.1, -0.05) is 0 Å². The van der Waals surface area contributed by atoms with Crippen molar-refractivity contribution in [3.63, 3.8) is 0 Å². The van der Waals surface area contributed by atoms with Crippen molar-refractivity contribution in [2.24, 2.45) is 0 Å². The van der Waals surface area contributed by atoms with Gasteiger partial charge in [-0.3, -0.25) is 9.59 Å². The molecule has 0 radical (unpaired) electrons. The van der Waals surface area contributed by atoms with Crippen molar-refractivity contribution in [2.75, 3.05) is 0 Å². The first-order chi connectivity index (χ1) is 8.25. The summed E-state index contributed by atoms with van der Waals surface area (Å²) in [4.78, 5) is 22.5. The van der Waals surface area contributed by atoms with Crippen molar-refractivity contribution < 1.29 is 27.3 Å². The molecule has 0 saturated heterocycles. The van der Waals surface area contributed by atoms with E-state index in [0.29, 0.717) is 0 Å². The Morgan fingerprint density at radius 2 is 1.00 bits per heavy atom.